The molecule has 3 unspecified atom stereocenters. The van der Waals surface area contributed by atoms with Crippen molar-refractivity contribution >= 4 is 11.8 Å². The van der Waals surface area contributed by atoms with Gasteiger partial charge in [0.25, 0.3) is 0 Å². The second-order valence-corrected chi connectivity index (χ2v) is 7.59. The Balaban J connectivity index is 2.01. The number of nitrogens with one attached hydrogen (secondary N) is 1. The summed E-state index contributed by atoms with van der Waals surface area (Å²) in [4.78, 5) is 0. The Labute approximate surface area is 123 Å². The molecule has 0 saturated carbocycles. The van der Waals surface area contributed by atoms with Crippen molar-refractivity contribution < 1.29 is 4.74 Å². The zero-order valence-electron chi connectivity index (χ0n) is 12.9. The van der Waals surface area contributed by atoms with Crippen LogP contribution in [-0.4, -0.2) is 36.3 Å². The summed E-state index contributed by atoms with van der Waals surface area (Å²) in [6, 6.07) is 0.686. The third-order valence-corrected chi connectivity index (χ3v) is 6.13. The zero-order valence-corrected chi connectivity index (χ0v) is 13.7. The Hall–Kier alpha value is 0.270. The molecular weight excluding hydrogens is 254 g/mol. The third-order valence-electron chi connectivity index (χ3n) is 5.14. The molecule has 0 aromatic carbocycles. The van der Waals surface area contributed by atoms with Crippen LogP contribution in [0.4, 0.5) is 0 Å². The summed E-state index contributed by atoms with van der Waals surface area (Å²) in [7, 11) is 0. The molecule has 0 aromatic heterocycles. The lowest BCUT2D eigenvalue weighted by atomic mass is 9.75. The lowest BCUT2D eigenvalue weighted by Gasteiger charge is -2.46. The van der Waals surface area contributed by atoms with Crippen molar-refractivity contribution in [3.8, 4) is 0 Å². The minimum Gasteiger partial charge on any atom is -0.375 e. The first-order valence-corrected chi connectivity index (χ1v) is 9.31. The molecule has 0 bridgehead atoms. The second-order valence-electron chi connectivity index (χ2n) is 6.37. The van der Waals surface area contributed by atoms with E-state index in [9.17, 15) is 0 Å². The van der Waals surface area contributed by atoms with E-state index in [1.165, 1.54) is 43.6 Å². The summed E-state index contributed by atoms with van der Waals surface area (Å²) in [6.07, 6.45) is 6.35. The Bertz CT molecular complexity index is 260. The van der Waals surface area contributed by atoms with E-state index in [4.69, 9.17) is 4.74 Å². The Morgan fingerprint density at radius 1 is 1.32 bits per heavy atom. The number of thioether (sulfide) groups is 1. The molecule has 112 valence electrons. The van der Waals surface area contributed by atoms with E-state index in [1.54, 1.807) is 0 Å². The minimum atomic E-state index is 0.231. The van der Waals surface area contributed by atoms with Gasteiger partial charge in [0.1, 0.15) is 0 Å². The molecule has 2 nitrogen and oxygen atoms in total. The molecular formula is C16H31NOS. The lowest BCUT2D eigenvalue weighted by Crippen LogP contribution is -2.50. The molecule has 2 aliphatic heterocycles. The molecule has 0 aromatic rings. The molecule has 1 N–H and O–H groups in total. The van der Waals surface area contributed by atoms with Crippen molar-refractivity contribution in [2.75, 3.05) is 24.7 Å². The summed E-state index contributed by atoms with van der Waals surface area (Å²) in [5.74, 6) is 4.17. The fraction of sp³-hybridized carbons (Fsp3) is 1.00. The summed E-state index contributed by atoms with van der Waals surface area (Å²) >= 11 is 2.10. The Morgan fingerprint density at radius 3 is 2.68 bits per heavy atom. The van der Waals surface area contributed by atoms with Gasteiger partial charge in [-0.25, -0.2) is 0 Å². The molecule has 1 spiro atoms. The van der Waals surface area contributed by atoms with Crippen LogP contribution < -0.4 is 5.32 Å². The fourth-order valence-corrected chi connectivity index (χ4v) is 5.02. The fourth-order valence-electron chi connectivity index (χ4n) is 3.79. The first kappa shape index (κ1) is 15.7. The quantitative estimate of drug-likeness (QED) is 0.832. The van der Waals surface area contributed by atoms with Gasteiger partial charge in [-0.15, -0.1) is 0 Å². The van der Waals surface area contributed by atoms with E-state index in [0.717, 1.165) is 25.0 Å². The molecule has 0 aliphatic carbocycles. The highest BCUT2D eigenvalue weighted by Gasteiger charge is 2.41. The maximum Gasteiger partial charge on any atom is 0.0701 e. The van der Waals surface area contributed by atoms with Crippen LogP contribution in [0.15, 0.2) is 0 Å². The number of hydrogen-bond donors (Lipinski definition) is 1. The van der Waals surface area contributed by atoms with Crippen LogP contribution in [0, 0.1) is 11.8 Å². The van der Waals surface area contributed by atoms with Crippen LogP contribution >= 0.6 is 11.8 Å². The van der Waals surface area contributed by atoms with Gasteiger partial charge in [-0.05, 0) is 55.6 Å². The van der Waals surface area contributed by atoms with Crippen LogP contribution in [0.25, 0.3) is 0 Å². The standard InChI is InChI=1S/C16H31NOS/c1-4-13(3)15(17-5-2)14-6-9-18-16(12-14)7-10-19-11-8-16/h13-15,17H,4-12H2,1-3H3. The Kier molecular flexibility index (Phi) is 6.04. The van der Waals surface area contributed by atoms with Crippen molar-refractivity contribution in [2.45, 2.75) is 64.5 Å². The van der Waals surface area contributed by atoms with Gasteiger partial charge in [0.05, 0.1) is 5.60 Å². The van der Waals surface area contributed by atoms with Gasteiger partial charge in [0.2, 0.25) is 0 Å². The van der Waals surface area contributed by atoms with Crippen LogP contribution in [0.2, 0.25) is 0 Å². The van der Waals surface area contributed by atoms with Gasteiger partial charge >= 0.3 is 0 Å². The van der Waals surface area contributed by atoms with Gasteiger partial charge in [-0.1, -0.05) is 27.2 Å². The minimum absolute atomic E-state index is 0.231. The predicted octanol–water partition coefficient (Wildman–Crippen LogP) is 3.70. The highest BCUT2D eigenvalue weighted by atomic mass is 32.2. The highest BCUT2D eigenvalue weighted by Crippen LogP contribution is 2.41. The van der Waals surface area contributed by atoms with E-state index < -0.39 is 0 Å². The van der Waals surface area contributed by atoms with Crippen LogP contribution in [0.1, 0.15) is 52.9 Å². The van der Waals surface area contributed by atoms with Crippen molar-refractivity contribution in [3.63, 3.8) is 0 Å². The molecule has 0 amide bonds. The largest absolute Gasteiger partial charge is 0.375 e. The molecule has 2 rings (SSSR count). The van der Waals surface area contributed by atoms with Gasteiger partial charge in [-0.2, -0.15) is 11.8 Å². The first-order chi connectivity index (χ1) is 9.21. The average molecular weight is 285 g/mol. The van der Waals surface area contributed by atoms with Gasteiger partial charge in [0.15, 0.2) is 0 Å². The molecule has 2 fully saturated rings. The Morgan fingerprint density at radius 2 is 2.05 bits per heavy atom. The van der Waals surface area contributed by atoms with Crippen LogP contribution in [0.5, 0.6) is 0 Å². The highest BCUT2D eigenvalue weighted by molar-refractivity contribution is 7.99. The van der Waals surface area contributed by atoms with E-state index in [-0.39, 0.29) is 5.60 Å². The molecule has 3 heteroatoms. The van der Waals surface area contributed by atoms with Crippen LogP contribution in [-0.2, 0) is 4.74 Å². The average Bonchev–Trinajstić information content (AvgIpc) is 2.45. The number of hydrogen-bond acceptors (Lipinski definition) is 3. The molecule has 19 heavy (non-hydrogen) atoms. The molecule has 2 saturated heterocycles. The summed E-state index contributed by atoms with van der Waals surface area (Å²) in [5.41, 5.74) is 0.231. The third kappa shape index (κ3) is 3.89. The SMILES string of the molecule is CCNC(C(C)CC)C1CCOC2(CCSCC2)C1. The summed E-state index contributed by atoms with van der Waals surface area (Å²) in [6.45, 7) is 9.04. The number of ether oxygens (including phenoxy) is 1. The van der Waals surface area contributed by atoms with E-state index in [0.29, 0.717) is 6.04 Å². The van der Waals surface area contributed by atoms with Crippen LogP contribution in [0.3, 0.4) is 0 Å². The smallest absolute Gasteiger partial charge is 0.0701 e. The summed E-state index contributed by atoms with van der Waals surface area (Å²) in [5, 5.41) is 3.76. The van der Waals surface area contributed by atoms with Crippen molar-refractivity contribution in [2.24, 2.45) is 11.8 Å². The van der Waals surface area contributed by atoms with Gasteiger partial charge in [0, 0.05) is 12.6 Å². The van der Waals surface area contributed by atoms with E-state index in [1.807, 2.05) is 0 Å². The maximum absolute atomic E-state index is 6.24. The maximum atomic E-state index is 6.24. The normalized spacial score (nSPS) is 30.2. The van der Waals surface area contributed by atoms with E-state index in [2.05, 4.69) is 37.8 Å². The molecule has 2 heterocycles. The molecule has 2 aliphatic rings. The van der Waals surface area contributed by atoms with Crippen molar-refractivity contribution in [1.29, 1.82) is 0 Å². The second kappa shape index (κ2) is 7.33. The predicted molar refractivity (Wildman–Crippen MR) is 84.9 cm³/mol. The zero-order chi connectivity index (χ0) is 13.7. The topological polar surface area (TPSA) is 21.3 Å². The van der Waals surface area contributed by atoms with Gasteiger partial charge in [-0.3, -0.25) is 0 Å². The first-order valence-electron chi connectivity index (χ1n) is 8.16. The summed E-state index contributed by atoms with van der Waals surface area (Å²) < 4.78 is 6.24. The molecule has 3 atom stereocenters. The monoisotopic (exact) mass is 285 g/mol. The van der Waals surface area contributed by atoms with Gasteiger partial charge < -0.3 is 10.1 Å². The molecule has 0 radical (unpaired) electrons. The van der Waals surface area contributed by atoms with Crippen molar-refractivity contribution in [3.05, 3.63) is 0 Å². The number of rotatable bonds is 5. The van der Waals surface area contributed by atoms with Crippen molar-refractivity contribution in [1.82, 2.24) is 5.32 Å². The lowest BCUT2D eigenvalue weighted by molar-refractivity contribution is -0.109. The van der Waals surface area contributed by atoms with E-state index >= 15 is 0 Å².